The summed E-state index contributed by atoms with van der Waals surface area (Å²) in [5.41, 5.74) is 2.27. The molecule has 1 heterocycles. The number of carbonyl (C=O) groups excluding carboxylic acids is 1. The van der Waals surface area contributed by atoms with Crippen LogP contribution in [0.1, 0.15) is 40.9 Å². The molecule has 0 aliphatic carbocycles. The number of rotatable bonds is 8. The number of sulfonamides is 1. The summed E-state index contributed by atoms with van der Waals surface area (Å²) >= 11 is 0. The van der Waals surface area contributed by atoms with Gasteiger partial charge in [0.1, 0.15) is 17.1 Å². The number of aromatic nitrogens is 1. The molecule has 2 N–H and O–H groups in total. The zero-order valence-corrected chi connectivity index (χ0v) is 19.5. The van der Waals surface area contributed by atoms with Crippen LogP contribution in [0.2, 0.25) is 0 Å². The van der Waals surface area contributed by atoms with E-state index in [0.29, 0.717) is 5.56 Å². The molecule has 172 valence electrons. The highest BCUT2D eigenvalue weighted by Gasteiger charge is 2.16. The lowest BCUT2D eigenvalue weighted by atomic mass is 10.1. The molecule has 3 aromatic rings. The lowest BCUT2D eigenvalue weighted by Crippen LogP contribution is -2.14. The van der Waals surface area contributed by atoms with Crippen LogP contribution in [0.4, 0.5) is 5.82 Å². The average Bonchev–Trinajstić information content (AvgIpc) is 2.78. The first-order chi connectivity index (χ1) is 15.7. The maximum Gasteiger partial charge on any atom is 0.341 e. The van der Waals surface area contributed by atoms with E-state index in [1.165, 1.54) is 24.4 Å². The number of phenols is 1. The van der Waals surface area contributed by atoms with Crippen molar-refractivity contribution in [1.29, 1.82) is 0 Å². The molecule has 3 rings (SSSR count). The van der Waals surface area contributed by atoms with Crippen LogP contribution in [0.15, 0.2) is 65.7 Å². The summed E-state index contributed by atoms with van der Waals surface area (Å²) in [4.78, 5) is 16.4. The Balaban J connectivity index is 1.73. The number of aryl methyl sites for hydroxylation is 1. The van der Waals surface area contributed by atoms with Crippen molar-refractivity contribution in [2.24, 2.45) is 5.92 Å². The summed E-state index contributed by atoms with van der Waals surface area (Å²) in [5, 5.41) is 9.99. The van der Waals surface area contributed by atoms with Gasteiger partial charge in [0.2, 0.25) is 0 Å². The molecule has 0 spiro atoms. The van der Waals surface area contributed by atoms with Gasteiger partial charge >= 0.3 is 5.97 Å². The molecule has 2 aromatic carbocycles. The predicted molar refractivity (Wildman–Crippen MR) is 128 cm³/mol. The molecule has 0 amide bonds. The second kappa shape index (κ2) is 10.3. The summed E-state index contributed by atoms with van der Waals surface area (Å²) in [6, 6.07) is 14.5. The number of esters is 1. The van der Waals surface area contributed by atoms with E-state index < -0.39 is 16.0 Å². The number of phenolic OH excluding ortho intramolecular Hbond substituents is 1. The van der Waals surface area contributed by atoms with E-state index in [2.05, 4.69) is 9.71 Å². The van der Waals surface area contributed by atoms with Crippen molar-refractivity contribution in [3.63, 3.8) is 0 Å². The monoisotopic (exact) mass is 466 g/mol. The van der Waals surface area contributed by atoms with Gasteiger partial charge in [0, 0.05) is 6.20 Å². The molecule has 0 bridgehead atoms. The zero-order valence-electron chi connectivity index (χ0n) is 18.6. The highest BCUT2D eigenvalue weighted by molar-refractivity contribution is 7.92. The fourth-order valence-electron chi connectivity index (χ4n) is 2.87. The molecule has 0 aliphatic rings. The normalized spacial score (nSPS) is 11.6. The minimum absolute atomic E-state index is 0.0927. The summed E-state index contributed by atoms with van der Waals surface area (Å²) in [5.74, 6) is -0.251. The van der Waals surface area contributed by atoms with Gasteiger partial charge in [0.25, 0.3) is 10.0 Å². The Morgan fingerprint density at radius 2 is 1.76 bits per heavy atom. The van der Waals surface area contributed by atoms with Crippen LogP contribution in [-0.4, -0.2) is 31.1 Å². The number of nitrogens with one attached hydrogen (secondary N) is 1. The van der Waals surface area contributed by atoms with E-state index in [0.717, 1.165) is 11.1 Å². The summed E-state index contributed by atoms with van der Waals surface area (Å²) in [7, 11) is -3.77. The Kier molecular flexibility index (Phi) is 7.50. The van der Waals surface area contributed by atoms with E-state index in [4.69, 9.17) is 4.74 Å². The van der Waals surface area contributed by atoms with Gasteiger partial charge in [0.05, 0.1) is 11.5 Å². The molecule has 0 aliphatic heterocycles. The molecule has 0 saturated carbocycles. The molecule has 7 nitrogen and oxygen atoms in total. The number of anilines is 1. The van der Waals surface area contributed by atoms with Crippen molar-refractivity contribution in [3.05, 3.63) is 83.0 Å². The highest BCUT2D eigenvalue weighted by atomic mass is 32.2. The first kappa shape index (κ1) is 24.0. The molecule has 0 atom stereocenters. The van der Waals surface area contributed by atoms with Crippen LogP contribution in [0, 0.1) is 12.8 Å². The second-order valence-electron chi connectivity index (χ2n) is 7.95. The SMILES string of the molecule is Cc1cccnc1NS(=O)(=O)c1ccc(/C=C/c2ccc(O)c(C(=O)OCC(C)C)c2)cc1. The molecular weight excluding hydrogens is 440 g/mol. The van der Waals surface area contributed by atoms with Gasteiger partial charge in [-0.1, -0.05) is 50.3 Å². The molecule has 0 saturated heterocycles. The van der Waals surface area contributed by atoms with E-state index in [1.807, 2.05) is 13.8 Å². The third kappa shape index (κ3) is 6.43. The van der Waals surface area contributed by atoms with Crippen molar-refractivity contribution in [1.82, 2.24) is 4.98 Å². The summed E-state index contributed by atoms with van der Waals surface area (Å²) < 4.78 is 33.0. The first-order valence-electron chi connectivity index (χ1n) is 10.4. The summed E-state index contributed by atoms with van der Waals surface area (Å²) in [6.07, 6.45) is 5.07. The van der Waals surface area contributed by atoms with Crippen molar-refractivity contribution < 1.29 is 23.1 Å². The lowest BCUT2D eigenvalue weighted by Gasteiger charge is -2.09. The van der Waals surface area contributed by atoms with Crippen molar-refractivity contribution in [3.8, 4) is 5.75 Å². The van der Waals surface area contributed by atoms with Gasteiger partial charge in [-0.05, 0) is 59.9 Å². The highest BCUT2D eigenvalue weighted by Crippen LogP contribution is 2.22. The van der Waals surface area contributed by atoms with Gasteiger partial charge < -0.3 is 9.84 Å². The molecule has 8 heteroatoms. The maximum absolute atomic E-state index is 12.6. The Morgan fingerprint density at radius 1 is 1.09 bits per heavy atom. The number of hydrogen-bond donors (Lipinski definition) is 2. The lowest BCUT2D eigenvalue weighted by molar-refractivity contribution is 0.0455. The van der Waals surface area contributed by atoms with Gasteiger partial charge in [-0.25, -0.2) is 18.2 Å². The van der Waals surface area contributed by atoms with Crippen molar-refractivity contribution >= 4 is 34.0 Å². The summed E-state index contributed by atoms with van der Waals surface area (Å²) in [6.45, 7) is 5.90. The maximum atomic E-state index is 12.6. The fourth-order valence-corrected chi connectivity index (χ4v) is 3.95. The van der Waals surface area contributed by atoms with E-state index in [9.17, 15) is 18.3 Å². The number of hydrogen-bond acceptors (Lipinski definition) is 6. The van der Waals surface area contributed by atoms with E-state index >= 15 is 0 Å². The van der Waals surface area contributed by atoms with Crippen molar-refractivity contribution in [2.75, 3.05) is 11.3 Å². The second-order valence-corrected chi connectivity index (χ2v) is 9.63. The van der Waals surface area contributed by atoms with Crippen LogP contribution >= 0.6 is 0 Å². The smallest absolute Gasteiger partial charge is 0.341 e. The Labute approximate surface area is 193 Å². The van der Waals surface area contributed by atoms with Crippen molar-refractivity contribution in [2.45, 2.75) is 25.7 Å². The Hall–Kier alpha value is -3.65. The molecule has 0 unspecified atom stereocenters. The topological polar surface area (TPSA) is 106 Å². The fraction of sp³-hybridized carbons (Fsp3) is 0.200. The zero-order chi connectivity index (χ0) is 24.0. The quantitative estimate of drug-likeness (QED) is 0.362. The van der Waals surface area contributed by atoms with E-state index in [1.54, 1.807) is 55.5 Å². The van der Waals surface area contributed by atoms with Gasteiger partial charge in [-0.2, -0.15) is 0 Å². The molecule has 1 aromatic heterocycles. The number of aromatic hydroxyl groups is 1. The minimum atomic E-state index is -3.77. The van der Waals surface area contributed by atoms with Gasteiger partial charge in [0.15, 0.2) is 0 Å². The predicted octanol–water partition coefficient (Wildman–Crippen LogP) is 4.88. The Bertz CT molecular complexity index is 1270. The van der Waals surface area contributed by atoms with Gasteiger partial charge in [-0.15, -0.1) is 0 Å². The number of carbonyl (C=O) groups is 1. The van der Waals surface area contributed by atoms with Crippen LogP contribution in [0.3, 0.4) is 0 Å². The van der Waals surface area contributed by atoms with Crippen LogP contribution in [0.5, 0.6) is 5.75 Å². The molecule has 0 radical (unpaired) electrons. The average molecular weight is 467 g/mol. The third-order valence-electron chi connectivity index (χ3n) is 4.69. The number of pyridine rings is 1. The van der Waals surface area contributed by atoms with Gasteiger partial charge in [-0.3, -0.25) is 4.72 Å². The van der Waals surface area contributed by atoms with E-state index in [-0.39, 0.29) is 34.6 Å². The first-order valence-corrected chi connectivity index (χ1v) is 11.9. The van der Waals surface area contributed by atoms with Crippen LogP contribution < -0.4 is 4.72 Å². The largest absolute Gasteiger partial charge is 0.507 e. The molecular formula is C25H26N2O5S. The Morgan fingerprint density at radius 3 is 2.42 bits per heavy atom. The number of benzene rings is 2. The number of nitrogens with zero attached hydrogens (tertiary/aromatic N) is 1. The standard InChI is InChI=1S/C25H26N2O5S/c1-17(2)16-32-25(29)22-15-20(10-13-23(22)28)7-6-19-8-11-21(12-9-19)33(30,31)27-24-18(3)5-4-14-26-24/h4-15,17,28H,16H2,1-3H3,(H,26,27)/b7-6+. The van der Waals surface area contributed by atoms with Crippen LogP contribution in [0.25, 0.3) is 12.2 Å². The minimum Gasteiger partial charge on any atom is -0.507 e. The molecule has 33 heavy (non-hydrogen) atoms. The number of ether oxygens (including phenoxy) is 1. The van der Waals surface area contributed by atoms with Crippen LogP contribution in [-0.2, 0) is 14.8 Å². The molecule has 0 fully saturated rings. The third-order valence-corrected chi connectivity index (χ3v) is 6.04.